The molecule has 2 N–H and O–H groups in total. The van der Waals surface area contributed by atoms with Crippen molar-refractivity contribution in [3.63, 3.8) is 0 Å². The van der Waals surface area contributed by atoms with E-state index < -0.39 is 22.0 Å². The molecule has 0 spiro atoms. The van der Waals surface area contributed by atoms with Gasteiger partial charge in [-0.3, -0.25) is 5.43 Å². The molecule has 4 rings (SSSR count). The molecule has 2 aromatic carbocycles. The predicted molar refractivity (Wildman–Crippen MR) is 126 cm³/mol. The first kappa shape index (κ1) is 22.8. The first-order chi connectivity index (χ1) is 15.1. The minimum Gasteiger partial charge on any atom is -0.383 e. The molecule has 2 aliphatic rings. The van der Waals surface area contributed by atoms with E-state index in [-0.39, 0.29) is 17.3 Å². The zero-order chi connectivity index (χ0) is 23.2. The van der Waals surface area contributed by atoms with Gasteiger partial charge in [-0.2, -0.15) is 9.41 Å². The summed E-state index contributed by atoms with van der Waals surface area (Å²) in [5.41, 5.74) is 6.86. The van der Waals surface area contributed by atoms with E-state index in [1.165, 1.54) is 16.4 Å². The molecule has 32 heavy (non-hydrogen) atoms. The Morgan fingerprint density at radius 2 is 2.00 bits per heavy atom. The quantitative estimate of drug-likeness (QED) is 0.679. The van der Waals surface area contributed by atoms with Crippen molar-refractivity contribution in [1.82, 2.24) is 9.73 Å². The van der Waals surface area contributed by atoms with Crippen LogP contribution in [0.2, 0.25) is 5.02 Å². The van der Waals surface area contributed by atoms with Crippen molar-refractivity contribution in [1.29, 1.82) is 0 Å². The molecule has 0 radical (unpaired) electrons. The number of hydrogen-bond donors (Lipinski definition) is 2. The van der Waals surface area contributed by atoms with Gasteiger partial charge in [-0.1, -0.05) is 31.2 Å². The Balaban J connectivity index is 1.87. The molecular formula is C23H26ClFN4O2S. The molecule has 9 heteroatoms. The SMILES string of the molecule is C=C1CC([C@H](C(C)c2c(F)ccc(C)c2C)N2CCNc3cc(Cl)ccc3S2(=O)=O)=NN1. The van der Waals surface area contributed by atoms with Gasteiger partial charge < -0.3 is 5.32 Å². The number of benzene rings is 2. The van der Waals surface area contributed by atoms with Crippen LogP contribution in [0.25, 0.3) is 0 Å². The van der Waals surface area contributed by atoms with Crippen molar-refractivity contribution < 1.29 is 12.8 Å². The number of aryl methyl sites for hydroxylation is 1. The summed E-state index contributed by atoms with van der Waals surface area (Å²) in [7, 11) is -3.93. The zero-order valence-electron chi connectivity index (χ0n) is 18.2. The van der Waals surface area contributed by atoms with E-state index in [9.17, 15) is 8.42 Å². The lowest BCUT2D eigenvalue weighted by Gasteiger charge is -2.35. The molecule has 2 aromatic rings. The smallest absolute Gasteiger partial charge is 0.245 e. The van der Waals surface area contributed by atoms with Crippen LogP contribution in [-0.2, 0) is 10.0 Å². The molecule has 0 aromatic heterocycles. The minimum atomic E-state index is -3.93. The Labute approximate surface area is 193 Å². The number of hydrazone groups is 1. The highest BCUT2D eigenvalue weighted by atomic mass is 35.5. The number of nitrogens with zero attached hydrogens (tertiary/aromatic N) is 2. The van der Waals surface area contributed by atoms with E-state index in [4.69, 9.17) is 11.6 Å². The number of rotatable bonds is 4. The first-order valence-corrected chi connectivity index (χ1v) is 12.2. The Morgan fingerprint density at radius 3 is 2.69 bits per heavy atom. The van der Waals surface area contributed by atoms with Gasteiger partial charge >= 0.3 is 0 Å². The second-order valence-corrected chi connectivity index (χ2v) is 10.6. The third-order valence-corrected chi connectivity index (χ3v) is 8.42. The zero-order valence-corrected chi connectivity index (χ0v) is 19.8. The number of fused-ring (bicyclic) bond motifs is 1. The van der Waals surface area contributed by atoms with Gasteiger partial charge in [0.05, 0.1) is 17.4 Å². The molecule has 0 fully saturated rings. The van der Waals surface area contributed by atoms with Gasteiger partial charge in [0.1, 0.15) is 10.7 Å². The Kier molecular flexibility index (Phi) is 6.04. The maximum absolute atomic E-state index is 15.1. The van der Waals surface area contributed by atoms with Crippen LogP contribution >= 0.6 is 11.6 Å². The number of hydrogen-bond acceptors (Lipinski definition) is 5. The number of nitrogens with one attached hydrogen (secondary N) is 2. The number of halogens is 2. The summed E-state index contributed by atoms with van der Waals surface area (Å²) in [6, 6.07) is 7.16. The maximum Gasteiger partial charge on any atom is 0.245 e. The molecule has 2 atom stereocenters. The Hall–Kier alpha value is -2.42. The van der Waals surface area contributed by atoms with Crippen molar-refractivity contribution in [3.8, 4) is 0 Å². The summed E-state index contributed by atoms with van der Waals surface area (Å²) >= 11 is 6.09. The van der Waals surface area contributed by atoms with Crippen molar-refractivity contribution in [2.45, 2.75) is 44.0 Å². The van der Waals surface area contributed by atoms with E-state index in [2.05, 4.69) is 22.4 Å². The summed E-state index contributed by atoms with van der Waals surface area (Å²) in [5.74, 6) is -0.835. The van der Waals surface area contributed by atoms with E-state index in [0.29, 0.717) is 40.6 Å². The molecule has 170 valence electrons. The number of anilines is 1. The molecule has 6 nitrogen and oxygen atoms in total. The highest BCUT2D eigenvalue weighted by Gasteiger charge is 2.42. The average Bonchev–Trinajstić information content (AvgIpc) is 3.10. The molecule has 2 aliphatic heterocycles. The van der Waals surface area contributed by atoms with Crippen molar-refractivity contribution in [2.24, 2.45) is 5.10 Å². The molecule has 0 saturated carbocycles. The lowest BCUT2D eigenvalue weighted by molar-refractivity contribution is 0.352. The van der Waals surface area contributed by atoms with Crippen LogP contribution in [0.4, 0.5) is 10.1 Å². The van der Waals surface area contributed by atoms with Crippen LogP contribution < -0.4 is 10.7 Å². The van der Waals surface area contributed by atoms with Gasteiger partial charge in [0, 0.05) is 36.1 Å². The van der Waals surface area contributed by atoms with E-state index in [0.717, 1.165) is 11.1 Å². The third kappa shape index (κ3) is 3.91. The maximum atomic E-state index is 15.1. The third-order valence-electron chi connectivity index (χ3n) is 6.24. The van der Waals surface area contributed by atoms with Gasteiger partial charge in [-0.25, -0.2) is 12.8 Å². The largest absolute Gasteiger partial charge is 0.383 e. The second kappa shape index (κ2) is 8.50. The lowest BCUT2D eigenvalue weighted by atomic mass is 9.85. The minimum absolute atomic E-state index is 0.142. The van der Waals surface area contributed by atoms with Crippen LogP contribution in [0.1, 0.15) is 36.0 Å². The second-order valence-electron chi connectivity index (χ2n) is 8.31. The fraction of sp³-hybridized carbons (Fsp3) is 0.348. The summed E-state index contributed by atoms with van der Waals surface area (Å²) in [6.45, 7) is 10.1. The van der Waals surface area contributed by atoms with Crippen LogP contribution in [-0.4, -0.2) is 37.6 Å². The van der Waals surface area contributed by atoms with Crippen molar-refractivity contribution in [3.05, 3.63) is 70.1 Å². The van der Waals surface area contributed by atoms with Crippen LogP contribution in [0.5, 0.6) is 0 Å². The molecule has 0 bridgehead atoms. The van der Waals surface area contributed by atoms with Crippen molar-refractivity contribution >= 4 is 33.0 Å². The first-order valence-electron chi connectivity index (χ1n) is 10.4. The fourth-order valence-electron chi connectivity index (χ4n) is 4.55. The summed E-state index contributed by atoms with van der Waals surface area (Å²) in [4.78, 5) is 0.142. The van der Waals surface area contributed by atoms with E-state index in [1.807, 2.05) is 20.8 Å². The number of allylic oxidation sites excluding steroid dienone is 1. The Morgan fingerprint density at radius 1 is 1.25 bits per heavy atom. The molecule has 1 unspecified atom stereocenters. The summed E-state index contributed by atoms with van der Waals surface area (Å²) in [6.07, 6.45) is 0.397. The standard InChI is InChI=1S/C23H26ClFN4O2S/c1-13-5-7-18(25)22(15(13)3)16(4)23(20-11-14(2)27-28-20)29-10-9-26-19-12-17(24)6-8-21(19)32(29,30)31/h5-8,12,16,23,26-27H,2,9-11H2,1,3-4H3/t16?,23-/m0/s1. The lowest BCUT2D eigenvalue weighted by Crippen LogP contribution is -2.48. The molecule has 2 heterocycles. The van der Waals surface area contributed by atoms with Crippen LogP contribution in [0.3, 0.4) is 0 Å². The highest BCUT2D eigenvalue weighted by molar-refractivity contribution is 7.89. The topological polar surface area (TPSA) is 73.8 Å². The van der Waals surface area contributed by atoms with Crippen LogP contribution in [0, 0.1) is 19.7 Å². The fourth-order valence-corrected chi connectivity index (χ4v) is 6.55. The normalized spacial score (nSPS) is 19.9. The van der Waals surface area contributed by atoms with Gasteiger partial charge in [0.2, 0.25) is 10.0 Å². The molecule has 0 aliphatic carbocycles. The monoisotopic (exact) mass is 476 g/mol. The van der Waals surface area contributed by atoms with E-state index >= 15 is 4.39 Å². The van der Waals surface area contributed by atoms with Gasteiger partial charge in [0.25, 0.3) is 0 Å². The molecular weight excluding hydrogens is 451 g/mol. The molecule has 0 amide bonds. The van der Waals surface area contributed by atoms with Gasteiger partial charge in [0.15, 0.2) is 0 Å². The van der Waals surface area contributed by atoms with Crippen LogP contribution in [0.15, 0.2) is 52.6 Å². The van der Waals surface area contributed by atoms with Crippen molar-refractivity contribution in [2.75, 3.05) is 18.4 Å². The van der Waals surface area contributed by atoms with E-state index in [1.54, 1.807) is 18.2 Å². The van der Waals surface area contributed by atoms with Gasteiger partial charge in [-0.15, -0.1) is 0 Å². The summed E-state index contributed by atoms with van der Waals surface area (Å²) < 4.78 is 44.2. The predicted octanol–water partition coefficient (Wildman–Crippen LogP) is 4.55. The average molecular weight is 477 g/mol. The molecule has 0 saturated heterocycles. The van der Waals surface area contributed by atoms with Gasteiger partial charge in [-0.05, 0) is 54.8 Å². The Bertz CT molecular complexity index is 1230. The number of sulfonamides is 1. The highest BCUT2D eigenvalue weighted by Crippen LogP contribution is 2.37. The summed E-state index contributed by atoms with van der Waals surface area (Å²) in [5, 5.41) is 7.99.